The minimum Gasteiger partial charge on any atom is -0.409 e. The highest BCUT2D eigenvalue weighted by molar-refractivity contribution is 6.10. The predicted octanol–water partition coefficient (Wildman–Crippen LogP) is 7.12. The van der Waals surface area contributed by atoms with Crippen molar-refractivity contribution in [2.75, 3.05) is 0 Å². The lowest BCUT2D eigenvalue weighted by Gasteiger charge is -2.11. The van der Waals surface area contributed by atoms with E-state index in [0.717, 1.165) is 25.7 Å². The number of oxime groups is 1. The molecule has 0 aromatic heterocycles. The van der Waals surface area contributed by atoms with Gasteiger partial charge in [0.2, 0.25) is 0 Å². The van der Waals surface area contributed by atoms with Crippen LogP contribution in [-0.2, 0) is 4.79 Å². The Hall–Kier alpha value is -1.06. The molecule has 1 saturated carbocycles. The summed E-state index contributed by atoms with van der Waals surface area (Å²) in [6.07, 6.45) is 24.9. The summed E-state index contributed by atoms with van der Waals surface area (Å²) in [5.41, 5.74) is 5.05. The van der Waals surface area contributed by atoms with Crippen molar-refractivity contribution in [2.45, 2.75) is 135 Å². The van der Waals surface area contributed by atoms with Crippen molar-refractivity contribution in [1.29, 1.82) is 0 Å². The summed E-state index contributed by atoms with van der Waals surface area (Å²) in [5, 5.41) is 11.8. The number of nitrogens with two attached hydrogens (primary N) is 1. The summed E-state index contributed by atoms with van der Waals surface area (Å²) in [4.78, 5) is 12.2. The molecule has 0 spiro atoms. The minimum atomic E-state index is -0.607. The van der Waals surface area contributed by atoms with Gasteiger partial charge in [0.25, 0.3) is 0 Å². The van der Waals surface area contributed by atoms with Gasteiger partial charge in [0.15, 0.2) is 5.84 Å². The lowest BCUT2D eigenvalue weighted by molar-refractivity contribution is -0.122. The van der Waals surface area contributed by atoms with Crippen molar-refractivity contribution in [3.05, 3.63) is 0 Å². The maximum absolute atomic E-state index is 12.2. The zero-order valence-corrected chi connectivity index (χ0v) is 18.5. The molecular weight excluding hydrogens is 348 g/mol. The van der Waals surface area contributed by atoms with E-state index in [0.29, 0.717) is 6.42 Å². The van der Waals surface area contributed by atoms with Crippen LogP contribution in [0.5, 0.6) is 0 Å². The molecule has 0 atom stereocenters. The number of carbonyl (C=O) groups excluding carboxylic acids is 1. The Morgan fingerprint density at radius 2 is 1.11 bits per heavy atom. The maximum atomic E-state index is 12.2. The van der Waals surface area contributed by atoms with E-state index in [1.165, 1.54) is 96.3 Å². The maximum Gasteiger partial charge on any atom is 0.152 e. The number of carbonyl (C=O) groups is 1. The SMILES string of the molecule is CCCCCCCCCCCCCCCCCCCC(=O)C1(/C(N)=N/O)CC1. The lowest BCUT2D eigenvalue weighted by atomic mass is 9.94. The van der Waals surface area contributed by atoms with Crippen LogP contribution >= 0.6 is 0 Å². The molecule has 1 aliphatic carbocycles. The van der Waals surface area contributed by atoms with Crippen molar-refractivity contribution in [3.8, 4) is 0 Å². The minimum absolute atomic E-state index is 0.115. The summed E-state index contributed by atoms with van der Waals surface area (Å²) < 4.78 is 0. The van der Waals surface area contributed by atoms with Gasteiger partial charge in [-0.2, -0.15) is 0 Å². The molecule has 3 N–H and O–H groups in total. The van der Waals surface area contributed by atoms with Gasteiger partial charge in [-0.25, -0.2) is 0 Å². The molecule has 0 unspecified atom stereocenters. The third kappa shape index (κ3) is 10.5. The van der Waals surface area contributed by atoms with E-state index in [2.05, 4.69) is 12.1 Å². The van der Waals surface area contributed by atoms with Gasteiger partial charge < -0.3 is 10.9 Å². The van der Waals surface area contributed by atoms with Crippen LogP contribution in [-0.4, -0.2) is 16.8 Å². The first kappa shape index (κ1) is 25.0. The molecule has 0 aromatic carbocycles. The smallest absolute Gasteiger partial charge is 0.152 e. The summed E-state index contributed by atoms with van der Waals surface area (Å²) in [6, 6.07) is 0. The summed E-state index contributed by atoms with van der Waals surface area (Å²) in [6.45, 7) is 2.28. The fraction of sp³-hybridized carbons (Fsp3) is 0.917. The Kier molecular flexibility index (Phi) is 14.1. The van der Waals surface area contributed by atoms with Gasteiger partial charge in [0, 0.05) is 6.42 Å². The molecule has 164 valence electrons. The Balaban J connectivity index is 1.78. The third-order valence-corrected chi connectivity index (χ3v) is 6.39. The molecule has 1 rings (SSSR count). The number of amidine groups is 1. The van der Waals surface area contributed by atoms with Crippen LogP contribution < -0.4 is 5.73 Å². The number of rotatable bonds is 20. The van der Waals surface area contributed by atoms with E-state index in [4.69, 9.17) is 10.9 Å². The highest BCUT2D eigenvalue weighted by atomic mass is 16.4. The first-order chi connectivity index (χ1) is 13.7. The molecule has 0 amide bonds. The molecule has 1 fully saturated rings. The quantitative estimate of drug-likeness (QED) is 0.0758. The molecule has 0 radical (unpaired) electrons. The van der Waals surface area contributed by atoms with Crippen molar-refractivity contribution < 1.29 is 10.0 Å². The van der Waals surface area contributed by atoms with Crippen LogP contribution in [0.3, 0.4) is 0 Å². The fourth-order valence-electron chi connectivity index (χ4n) is 4.15. The first-order valence-electron chi connectivity index (χ1n) is 12.2. The molecule has 4 heteroatoms. The molecule has 0 aromatic rings. The van der Waals surface area contributed by atoms with Gasteiger partial charge in [-0.1, -0.05) is 115 Å². The average molecular weight is 395 g/mol. The number of Topliss-reactive ketones (excluding diaryl/α,β-unsaturated/α-hetero) is 1. The Morgan fingerprint density at radius 1 is 0.750 bits per heavy atom. The van der Waals surface area contributed by atoms with Gasteiger partial charge in [-0.05, 0) is 19.3 Å². The molecule has 0 saturated heterocycles. The van der Waals surface area contributed by atoms with Gasteiger partial charge >= 0.3 is 0 Å². The number of ketones is 1. The highest BCUT2D eigenvalue weighted by Crippen LogP contribution is 2.47. The Labute approximate surface area is 173 Å². The normalized spacial score (nSPS) is 15.7. The molecule has 1 aliphatic rings. The zero-order chi connectivity index (χ0) is 20.5. The van der Waals surface area contributed by atoms with Crippen LogP contribution in [0.1, 0.15) is 135 Å². The van der Waals surface area contributed by atoms with E-state index in [-0.39, 0.29) is 11.6 Å². The zero-order valence-electron chi connectivity index (χ0n) is 18.5. The molecule has 28 heavy (non-hydrogen) atoms. The predicted molar refractivity (Wildman–Crippen MR) is 119 cm³/mol. The van der Waals surface area contributed by atoms with Crippen LogP contribution in [0.2, 0.25) is 0 Å². The van der Waals surface area contributed by atoms with Crippen molar-refractivity contribution in [2.24, 2.45) is 16.3 Å². The van der Waals surface area contributed by atoms with Crippen molar-refractivity contribution >= 4 is 11.6 Å². The molecule has 0 aliphatic heterocycles. The third-order valence-electron chi connectivity index (χ3n) is 6.39. The average Bonchev–Trinajstić information content (AvgIpc) is 3.51. The van der Waals surface area contributed by atoms with Crippen LogP contribution in [0.25, 0.3) is 0 Å². The number of nitrogens with zero attached hydrogens (tertiary/aromatic N) is 1. The second-order valence-corrected chi connectivity index (χ2v) is 8.90. The summed E-state index contributed by atoms with van der Waals surface area (Å²) in [7, 11) is 0. The van der Waals surface area contributed by atoms with Crippen LogP contribution in [0.15, 0.2) is 5.16 Å². The second kappa shape index (κ2) is 15.8. The fourth-order valence-corrected chi connectivity index (χ4v) is 4.15. The summed E-state index contributed by atoms with van der Waals surface area (Å²) in [5.74, 6) is 0.285. The number of unbranched alkanes of at least 4 members (excludes halogenated alkanes) is 16. The van der Waals surface area contributed by atoms with E-state index < -0.39 is 5.41 Å². The highest BCUT2D eigenvalue weighted by Gasteiger charge is 2.52. The van der Waals surface area contributed by atoms with Gasteiger partial charge in [0.1, 0.15) is 5.78 Å². The van der Waals surface area contributed by atoms with E-state index in [1.807, 2.05) is 0 Å². The molecule has 0 bridgehead atoms. The van der Waals surface area contributed by atoms with Gasteiger partial charge in [-0.3, -0.25) is 4.79 Å². The second-order valence-electron chi connectivity index (χ2n) is 8.90. The monoisotopic (exact) mass is 394 g/mol. The molecule has 4 nitrogen and oxygen atoms in total. The standard InChI is InChI=1S/C24H46N2O2/c1-2-3-4-5-6-7-8-9-10-11-12-13-14-15-16-17-18-19-22(27)24(20-21-24)23(25)26-28/h28H,2-21H2,1H3,(H2,25,26). The lowest BCUT2D eigenvalue weighted by Crippen LogP contribution is -2.32. The molecule has 0 heterocycles. The Bertz CT molecular complexity index is 430. The van der Waals surface area contributed by atoms with Crippen LogP contribution in [0, 0.1) is 5.41 Å². The first-order valence-corrected chi connectivity index (χ1v) is 12.2. The number of hydrogen-bond acceptors (Lipinski definition) is 3. The Morgan fingerprint density at radius 3 is 1.43 bits per heavy atom. The van der Waals surface area contributed by atoms with Gasteiger partial charge in [0.05, 0.1) is 5.41 Å². The van der Waals surface area contributed by atoms with Crippen molar-refractivity contribution in [3.63, 3.8) is 0 Å². The largest absolute Gasteiger partial charge is 0.409 e. The van der Waals surface area contributed by atoms with Gasteiger partial charge in [-0.15, -0.1) is 0 Å². The number of hydrogen-bond donors (Lipinski definition) is 2. The van der Waals surface area contributed by atoms with Crippen molar-refractivity contribution in [1.82, 2.24) is 0 Å². The topological polar surface area (TPSA) is 75.7 Å². The molecular formula is C24H46N2O2. The summed E-state index contributed by atoms with van der Waals surface area (Å²) >= 11 is 0. The van der Waals surface area contributed by atoms with E-state index in [1.54, 1.807) is 0 Å². The van der Waals surface area contributed by atoms with E-state index in [9.17, 15) is 4.79 Å². The van der Waals surface area contributed by atoms with Crippen LogP contribution in [0.4, 0.5) is 0 Å². The van der Waals surface area contributed by atoms with E-state index >= 15 is 0 Å².